The maximum absolute atomic E-state index is 16.3. The average Bonchev–Trinajstić information content (AvgIpc) is 1.62. The molecule has 0 aliphatic carbocycles. The summed E-state index contributed by atoms with van der Waals surface area (Å²) < 4.78 is 98.8. The molecule has 6 atom stereocenters. The molecule has 1 saturated heterocycles. The molecule has 4 heterocycles. The number of nitrogens with one attached hydrogen (secondary N) is 3. The quantitative estimate of drug-likeness (QED) is 0.00715. The van der Waals surface area contributed by atoms with Crippen LogP contribution in [0.3, 0.4) is 0 Å². The number of esters is 1. The van der Waals surface area contributed by atoms with Crippen molar-refractivity contribution in [1.29, 1.82) is 0 Å². The van der Waals surface area contributed by atoms with E-state index in [1.165, 1.54) is 32.2 Å². The highest BCUT2D eigenvalue weighted by Crippen LogP contribution is 2.67. The highest BCUT2D eigenvalue weighted by molar-refractivity contribution is 7.54. The normalized spacial score (nSPS) is 17.8. The number of halogens is 2. The van der Waals surface area contributed by atoms with E-state index in [2.05, 4.69) is 16.0 Å². The summed E-state index contributed by atoms with van der Waals surface area (Å²) in [6, 6.07) is 20.3. The number of carbonyl (C=O) groups is 7. The molecule has 8 rings (SSSR count). The molecular weight excluding hydrogens is 1330 g/mol. The molecule has 1 fully saturated rings. The molecule has 6 amide bonds. The number of ether oxygens (including phenoxy) is 7. The number of anilines is 1. The van der Waals surface area contributed by atoms with Crippen LogP contribution in [0.4, 0.5) is 14.5 Å². The summed E-state index contributed by atoms with van der Waals surface area (Å²) in [7, 11) is -3.81. The van der Waals surface area contributed by atoms with Gasteiger partial charge in [0, 0.05) is 51.2 Å². The van der Waals surface area contributed by atoms with Gasteiger partial charge in [-0.3, -0.25) is 66.5 Å². The number of aryl methyl sites for hydroxylation is 4. The lowest BCUT2D eigenvalue weighted by atomic mass is 9.98. The van der Waals surface area contributed by atoms with Crippen LogP contribution in [0.1, 0.15) is 145 Å². The van der Waals surface area contributed by atoms with Gasteiger partial charge < -0.3 is 49.5 Å². The van der Waals surface area contributed by atoms with Crippen LogP contribution in [-0.2, 0) is 125 Å². The number of hydrogen-bond donors (Lipinski definition) is 4. The van der Waals surface area contributed by atoms with E-state index in [9.17, 15) is 42.9 Å². The number of aromatic nitrogens is 2. The minimum absolute atomic E-state index is 0.0487. The summed E-state index contributed by atoms with van der Waals surface area (Å²) in [6.07, 6.45) is 5.02. The van der Waals surface area contributed by atoms with Gasteiger partial charge in [-0.1, -0.05) is 93.6 Å². The molecule has 101 heavy (non-hydrogen) atoms. The van der Waals surface area contributed by atoms with Crippen LogP contribution in [0.25, 0.3) is 16.6 Å². The molecule has 25 nitrogen and oxygen atoms in total. The predicted octanol–water partition coefficient (Wildman–Crippen LogP) is 8.90. The first-order valence-corrected chi connectivity index (χ1v) is 35.7. The van der Waals surface area contributed by atoms with E-state index in [-0.39, 0.29) is 75.5 Å². The van der Waals surface area contributed by atoms with E-state index >= 15 is 8.78 Å². The second-order valence-electron chi connectivity index (χ2n) is 27.8. The molecule has 4 aromatic carbocycles. The monoisotopic (exact) mass is 1430 g/mol. The first kappa shape index (κ1) is 78.9. The molecule has 28 heteroatoms. The lowest BCUT2D eigenvalue weighted by Gasteiger charge is -2.31. The highest BCUT2D eigenvalue weighted by Gasteiger charge is 2.56. The van der Waals surface area contributed by atoms with Crippen LogP contribution in [0.5, 0.6) is 0 Å². The number of fused-ring (bicyclic) bond motifs is 1. The van der Waals surface area contributed by atoms with Crippen LogP contribution < -0.4 is 32.3 Å². The number of para-hydroxylation sites is 1. The predicted molar refractivity (Wildman–Crippen MR) is 371 cm³/mol. The number of imidazole rings is 1. The molecular formula is C73H96F2N7O18P. The number of nitrogens with two attached hydrogens (primary N) is 1. The van der Waals surface area contributed by atoms with Crippen LogP contribution in [-0.4, -0.2) is 141 Å². The maximum atomic E-state index is 16.3. The molecule has 5 aromatic rings. The van der Waals surface area contributed by atoms with Crippen molar-refractivity contribution >= 4 is 71.3 Å². The Labute approximate surface area is 587 Å². The molecule has 0 radical (unpaired) electrons. The van der Waals surface area contributed by atoms with Gasteiger partial charge in [0.25, 0.3) is 0 Å². The number of nitrogens with zero attached hydrogens (tertiary/aromatic N) is 3. The van der Waals surface area contributed by atoms with E-state index < -0.39 is 104 Å². The number of piperidine rings is 1. The highest BCUT2D eigenvalue weighted by atomic mass is 31.2. The SMILES string of the molecule is C/C(=C\C(=O)N[C@H]1CCc2cccc3c2N(C1=O)[C@H](C(=O)N[C@@H](CCC(N)=O)[C@@H](C)OCc1ccc(CCCOCCOCCOCCCc2ccc4c(c2)n(C)c(=O)n4C2CCC(=O)NC2=O)cc1)C3)c1ccc(C(F)(F)P(=O)(OCOCOCC(C)(C)C)OCOC(=O)C(C)(C)C)cc1. The number of primary amides is 1. The molecule has 3 aliphatic rings. The van der Waals surface area contributed by atoms with Crippen molar-refractivity contribution < 1.29 is 89.1 Å². The Hall–Kier alpha value is -7.85. The number of rotatable bonds is 38. The first-order chi connectivity index (χ1) is 47.9. The van der Waals surface area contributed by atoms with Crippen LogP contribution >= 0.6 is 7.60 Å². The number of amides is 6. The third kappa shape index (κ3) is 21.6. The zero-order valence-electron chi connectivity index (χ0n) is 59.1. The van der Waals surface area contributed by atoms with Gasteiger partial charge in [-0.05, 0) is 142 Å². The van der Waals surface area contributed by atoms with E-state index in [0.29, 0.717) is 68.4 Å². The zero-order valence-corrected chi connectivity index (χ0v) is 60.0. The van der Waals surface area contributed by atoms with Gasteiger partial charge in [-0.15, -0.1) is 0 Å². The molecule has 0 bridgehead atoms. The van der Waals surface area contributed by atoms with E-state index in [0.717, 1.165) is 71.1 Å². The Morgan fingerprint density at radius 1 is 0.752 bits per heavy atom. The number of allylic oxidation sites excluding steroid dienone is 1. The van der Waals surface area contributed by atoms with Gasteiger partial charge in [0.15, 0.2) is 6.79 Å². The Balaban J connectivity index is 0.764. The number of hydrogen-bond acceptors (Lipinski definition) is 18. The van der Waals surface area contributed by atoms with E-state index in [4.69, 9.17) is 47.9 Å². The van der Waals surface area contributed by atoms with Crippen LogP contribution in [0.15, 0.2) is 95.8 Å². The summed E-state index contributed by atoms with van der Waals surface area (Å²) in [5.41, 5.74) is 6.22. The second kappa shape index (κ2) is 35.8. The lowest BCUT2D eigenvalue weighted by Crippen LogP contribution is -2.56. The van der Waals surface area contributed by atoms with Gasteiger partial charge in [0.2, 0.25) is 42.2 Å². The third-order valence-electron chi connectivity index (χ3n) is 17.5. The molecule has 550 valence electrons. The van der Waals surface area contributed by atoms with E-state index in [1.807, 2.05) is 81.4 Å². The summed E-state index contributed by atoms with van der Waals surface area (Å²) in [5, 5.41) is 8.21. The minimum Gasteiger partial charge on any atom is -0.438 e. The zero-order chi connectivity index (χ0) is 73.2. The Kier molecular flexibility index (Phi) is 28.0. The topological polar surface area (TPSA) is 312 Å². The van der Waals surface area contributed by atoms with Crippen molar-refractivity contribution in [2.45, 2.75) is 169 Å². The number of alkyl halides is 2. The Bertz CT molecular complexity index is 3860. The molecule has 2 unspecified atom stereocenters. The van der Waals surface area contributed by atoms with Crippen molar-refractivity contribution in [1.82, 2.24) is 25.1 Å². The summed E-state index contributed by atoms with van der Waals surface area (Å²) in [4.78, 5) is 106. The largest absolute Gasteiger partial charge is 0.438 e. The van der Waals surface area contributed by atoms with Gasteiger partial charge in [0.05, 0.1) is 73.9 Å². The fourth-order valence-electron chi connectivity index (χ4n) is 11.9. The third-order valence-corrected chi connectivity index (χ3v) is 19.3. The number of carbonyl (C=O) groups excluding carboxylic acids is 7. The smallest absolute Gasteiger partial charge is 0.409 e. The molecule has 3 aliphatic heterocycles. The lowest BCUT2D eigenvalue weighted by molar-refractivity contribution is -0.162. The Morgan fingerprint density at radius 2 is 1.39 bits per heavy atom. The van der Waals surface area contributed by atoms with Gasteiger partial charge in [-0.2, -0.15) is 8.78 Å². The summed E-state index contributed by atoms with van der Waals surface area (Å²) in [5.74, 6) is -3.83. The molecule has 0 spiro atoms. The Morgan fingerprint density at radius 3 is 2.04 bits per heavy atom. The standard InChI is InChI=1S/C73H96F2N7O18P/c1-47(52-22-25-55(26-23-52)73(74,75)101(91,100-46-98-69(89)72(6,7)8)99-45-96-44-95-43-71(3,4)5)39-64(85)77-57-27-24-53-15-10-16-54-41-61(82(65(53)54)68(57)88)67(87)78-56(28-31-62(76)83)48(2)97-42-51-19-17-49(18-20-51)13-11-33-92-35-37-94-38-36-93-34-12-14-50-21-29-58-60(40-50)80(9)70(90)81(58)59-30-32-63(84)79-66(59)86/h10,15-23,25-26,29,39-40,48,56-57,59,61H,11-14,24,27-28,30-38,41-46H2,1-9H3,(H2,76,83)(H,77,85)(H,78,87)(H,79,84,86)/b47-39+/t48-,56+,57+,59?,61+,101?/m1/s1. The van der Waals surface area contributed by atoms with Gasteiger partial charge in [-0.25, -0.2) is 4.79 Å². The second-order valence-corrected chi connectivity index (χ2v) is 29.9. The summed E-state index contributed by atoms with van der Waals surface area (Å²) >= 11 is 0. The fraction of sp³-hybridized carbons (Fsp3) is 0.534. The van der Waals surface area contributed by atoms with Crippen molar-refractivity contribution in [3.8, 4) is 0 Å². The van der Waals surface area contributed by atoms with Crippen molar-refractivity contribution in [3.63, 3.8) is 0 Å². The minimum atomic E-state index is -5.48. The maximum Gasteiger partial charge on any atom is 0.409 e. The number of benzene rings is 4. The van der Waals surface area contributed by atoms with Crippen molar-refractivity contribution in [3.05, 3.63) is 140 Å². The number of imide groups is 1. The van der Waals surface area contributed by atoms with E-state index in [1.54, 1.807) is 41.7 Å². The average molecular weight is 1430 g/mol. The molecule has 1 aromatic heterocycles. The van der Waals surface area contributed by atoms with Gasteiger partial charge >= 0.3 is 24.9 Å². The molecule has 5 N–H and O–H groups in total. The van der Waals surface area contributed by atoms with Crippen LogP contribution in [0.2, 0.25) is 0 Å². The van der Waals surface area contributed by atoms with Crippen molar-refractivity contribution in [2.24, 2.45) is 23.6 Å². The summed E-state index contributed by atoms with van der Waals surface area (Å²) in [6.45, 7) is 14.6. The van der Waals surface area contributed by atoms with Gasteiger partial charge in [0.1, 0.15) is 24.9 Å². The molecule has 0 saturated carbocycles. The van der Waals surface area contributed by atoms with Crippen LogP contribution in [0, 0.1) is 10.8 Å². The first-order valence-electron chi connectivity index (χ1n) is 34.1. The fourth-order valence-corrected chi connectivity index (χ4v) is 13.2. The van der Waals surface area contributed by atoms with Crippen molar-refractivity contribution in [2.75, 3.05) is 71.5 Å².